The maximum Gasteiger partial charge on any atom is 0.136 e. The van der Waals surface area contributed by atoms with Crippen molar-refractivity contribution in [3.05, 3.63) is 218 Å². The Morgan fingerprint density at radius 3 is 1.58 bits per heavy atom. The van der Waals surface area contributed by atoms with Gasteiger partial charge < -0.3 is 13.9 Å². The van der Waals surface area contributed by atoms with Crippen LogP contribution >= 0.6 is 0 Å². The van der Waals surface area contributed by atoms with Gasteiger partial charge in [-0.2, -0.15) is 0 Å². The minimum absolute atomic E-state index is 0.901. The molecule has 0 aliphatic carbocycles. The average Bonchev–Trinajstić information content (AvgIpc) is 3.86. The zero-order valence-electron chi connectivity index (χ0n) is 32.1. The number of benzene rings is 10. The standard InChI is InChI=1S/C56H36N2O/c1-2-11-46-38(10-1)20-21-41-36-40(26-35-47(41)46)37-22-27-42(28-23-37)57(43-29-24-39(25-30-43)48-15-9-19-55-56(48)51-14-5-8-18-54(51)59-55)44-31-33-45(34-32-44)58-52-16-6-3-12-49(52)50-13-4-7-17-53(50)58/h1-36H. The van der Waals surface area contributed by atoms with Crippen LogP contribution in [0.1, 0.15) is 0 Å². The van der Waals surface area contributed by atoms with E-state index in [-0.39, 0.29) is 0 Å². The van der Waals surface area contributed by atoms with Crippen LogP contribution in [0, 0.1) is 0 Å². The van der Waals surface area contributed by atoms with Gasteiger partial charge in [0.15, 0.2) is 0 Å². The van der Waals surface area contributed by atoms with Gasteiger partial charge in [0.05, 0.1) is 11.0 Å². The minimum atomic E-state index is 0.901. The Morgan fingerprint density at radius 1 is 0.339 bits per heavy atom. The smallest absolute Gasteiger partial charge is 0.136 e. The van der Waals surface area contributed by atoms with E-state index in [0.29, 0.717) is 0 Å². The van der Waals surface area contributed by atoms with Crippen LogP contribution in [0.25, 0.3) is 93.2 Å². The van der Waals surface area contributed by atoms with Gasteiger partial charge in [-0.1, -0.05) is 140 Å². The van der Waals surface area contributed by atoms with Gasteiger partial charge in [-0.3, -0.25) is 0 Å². The molecule has 0 bridgehead atoms. The van der Waals surface area contributed by atoms with Gasteiger partial charge in [0.2, 0.25) is 0 Å². The first-order valence-electron chi connectivity index (χ1n) is 20.2. The zero-order valence-corrected chi connectivity index (χ0v) is 32.1. The number of hydrogen-bond acceptors (Lipinski definition) is 2. The molecule has 59 heavy (non-hydrogen) atoms. The molecule has 12 rings (SSSR count). The SMILES string of the molecule is c1ccc2c(c1)ccc1cc(-c3ccc(N(c4ccc(-c5cccc6oc7ccccc7c56)cc4)c4ccc(-n5c6ccccc6c6ccccc65)cc4)cc3)ccc12. The van der Waals surface area contributed by atoms with Crippen molar-refractivity contribution in [2.45, 2.75) is 0 Å². The lowest BCUT2D eigenvalue weighted by atomic mass is 9.97. The Bertz CT molecular complexity index is 3480. The first-order chi connectivity index (χ1) is 29.2. The van der Waals surface area contributed by atoms with Crippen molar-refractivity contribution < 1.29 is 4.42 Å². The largest absolute Gasteiger partial charge is 0.456 e. The van der Waals surface area contributed by atoms with Crippen LogP contribution in [0.5, 0.6) is 0 Å². The maximum atomic E-state index is 6.25. The normalized spacial score (nSPS) is 11.7. The van der Waals surface area contributed by atoms with Crippen LogP contribution in [-0.2, 0) is 0 Å². The first kappa shape index (κ1) is 33.3. The number of para-hydroxylation sites is 3. The first-order valence-corrected chi connectivity index (χ1v) is 20.2. The highest BCUT2D eigenvalue weighted by Gasteiger charge is 2.17. The van der Waals surface area contributed by atoms with Crippen molar-refractivity contribution in [1.29, 1.82) is 0 Å². The van der Waals surface area contributed by atoms with Crippen LogP contribution in [0.4, 0.5) is 17.1 Å². The summed E-state index contributed by atoms with van der Waals surface area (Å²) in [4.78, 5) is 2.35. The third-order valence-corrected chi connectivity index (χ3v) is 12.0. The molecule has 12 aromatic rings. The molecule has 2 aromatic heterocycles. The molecule has 0 saturated carbocycles. The zero-order chi connectivity index (χ0) is 38.9. The van der Waals surface area contributed by atoms with Gasteiger partial charge in [0.1, 0.15) is 11.2 Å². The van der Waals surface area contributed by atoms with Gasteiger partial charge in [-0.05, 0) is 123 Å². The highest BCUT2D eigenvalue weighted by atomic mass is 16.3. The molecule has 0 aliphatic rings. The summed E-state index contributed by atoms with van der Waals surface area (Å²) in [6.45, 7) is 0. The van der Waals surface area contributed by atoms with Crippen LogP contribution in [0.3, 0.4) is 0 Å². The van der Waals surface area contributed by atoms with E-state index in [1.54, 1.807) is 0 Å². The fourth-order valence-electron chi connectivity index (χ4n) is 9.20. The molecular formula is C56H36N2O. The second-order valence-corrected chi connectivity index (χ2v) is 15.3. The van der Waals surface area contributed by atoms with E-state index in [2.05, 4.69) is 216 Å². The summed E-state index contributed by atoms with van der Waals surface area (Å²) >= 11 is 0. The molecule has 0 saturated heterocycles. The van der Waals surface area contributed by atoms with Crippen LogP contribution in [0.2, 0.25) is 0 Å². The summed E-state index contributed by atoms with van der Waals surface area (Å²) in [6, 6.07) is 78.7. The van der Waals surface area contributed by atoms with Crippen LogP contribution in [0.15, 0.2) is 223 Å². The lowest BCUT2D eigenvalue weighted by Gasteiger charge is -2.26. The fourth-order valence-corrected chi connectivity index (χ4v) is 9.20. The molecule has 10 aromatic carbocycles. The Kier molecular flexibility index (Phi) is 7.54. The summed E-state index contributed by atoms with van der Waals surface area (Å²) in [5.74, 6) is 0. The number of aromatic nitrogens is 1. The molecule has 0 aliphatic heterocycles. The molecule has 0 atom stereocenters. The highest BCUT2D eigenvalue weighted by Crippen LogP contribution is 2.41. The van der Waals surface area contributed by atoms with Crippen molar-refractivity contribution in [1.82, 2.24) is 4.57 Å². The molecular weight excluding hydrogens is 717 g/mol. The van der Waals surface area contributed by atoms with Gasteiger partial charge >= 0.3 is 0 Å². The molecule has 0 radical (unpaired) electrons. The average molecular weight is 753 g/mol. The lowest BCUT2D eigenvalue weighted by molar-refractivity contribution is 0.669. The second kappa shape index (κ2) is 13.4. The molecule has 0 spiro atoms. The van der Waals surface area contributed by atoms with Gasteiger partial charge in [-0.15, -0.1) is 0 Å². The van der Waals surface area contributed by atoms with E-state index in [4.69, 9.17) is 4.42 Å². The second-order valence-electron chi connectivity index (χ2n) is 15.3. The van der Waals surface area contributed by atoms with E-state index in [0.717, 1.165) is 55.8 Å². The predicted molar refractivity (Wildman–Crippen MR) is 249 cm³/mol. The van der Waals surface area contributed by atoms with Crippen LogP contribution < -0.4 is 4.90 Å². The monoisotopic (exact) mass is 752 g/mol. The topological polar surface area (TPSA) is 21.3 Å². The summed E-state index contributed by atoms with van der Waals surface area (Å²) in [5.41, 5.74) is 13.3. The molecule has 3 nitrogen and oxygen atoms in total. The Hall–Kier alpha value is -7.88. The third-order valence-electron chi connectivity index (χ3n) is 12.0. The number of fused-ring (bicyclic) bond motifs is 9. The van der Waals surface area contributed by atoms with E-state index >= 15 is 0 Å². The Morgan fingerprint density at radius 2 is 0.864 bits per heavy atom. The number of furan rings is 1. The number of anilines is 3. The van der Waals surface area contributed by atoms with Crippen LogP contribution in [-0.4, -0.2) is 4.57 Å². The van der Waals surface area contributed by atoms with E-state index in [1.165, 1.54) is 54.5 Å². The number of hydrogen-bond donors (Lipinski definition) is 0. The van der Waals surface area contributed by atoms with Crippen molar-refractivity contribution >= 4 is 82.4 Å². The summed E-state index contributed by atoms with van der Waals surface area (Å²) < 4.78 is 8.62. The quantitative estimate of drug-likeness (QED) is 0.158. The molecule has 2 heterocycles. The van der Waals surface area contributed by atoms with Gasteiger partial charge in [0.25, 0.3) is 0 Å². The Labute approximate surface area is 341 Å². The summed E-state index contributed by atoms with van der Waals surface area (Å²) in [6.07, 6.45) is 0. The predicted octanol–water partition coefficient (Wildman–Crippen LogP) is 15.8. The minimum Gasteiger partial charge on any atom is -0.456 e. The van der Waals surface area contributed by atoms with Crippen molar-refractivity contribution in [2.75, 3.05) is 4.90 Å². The number of nitrogens with zero attached hydrogens (tertiary/aromatic N) is 2. The number of rotatable bonds is 6. The van der Waals surface area contributed by atoms with Gasteiger partial charge in [-0.25, -0.2) is 0 Å². The van der Waals surface area contributed by atoms with Crippen molar-refractivity contribution in [2.24, 2.45) is 0 Å². The van der Waals surface area contributed by atoms with Gasteiger partial charge in [0, 0.05) is 44.3 Å². The third kappa shape index (κ3) is 5.44. The lowest BCUT2D eigenvalue weighted by Crippen LogP contribution is -2.10. The molecule has 0 unspecified atom stereocenters. The maximum absolute atomic E-state index is 6.25. The van der Waals surface area contributed by atoms with E-state index < -0.39 is 0 Å². The van der Waals surface area contributed by atoms with Crippen molar-refractivity contribution in [3.63, 3.8) is 0 Å². The molecule has 0 fully saturated rings. The molecule has 0 amide bonds. The van der Waals surface area contributed by atoms with E-state index in [9.17, 15) is 0 Å². The van der Waals surface area contributed by atoms with Crippen molar-refractivity contribution in [3.8, 4) is 27.9 Å². The summed E-state index contributed by atoms with van der Waals surface area (Å²) in [7, 11) is 0. The molecule has 0 N–H and O–H groups in total. The molecule has 3 heteroatoms. The summed E-state index contributed by atoms with van der Waals surface area (Å²) in [5, 5.41) is 9.86. The molecule has 276 valence electrons. The highest BCUT2D eigenvalue weighted by molar-refractivity contribution is 6.13. The fraction of sp³-hybridized carbons (Fsp3) is 0. The Balaban J connectivity index is 0.956. The van der Waals surface area contributed by atoms with E-state index in [1.807, 2.05) is 12.1 Å².